The summed E-state index contributed by atoms with van der Waals surface area (Å²) in [5.41, 5.74) is 0.854. The van der Waals surface area contributed by atoms with Crippen LogP contribution in [-0.2, 0) is 4.74 Å². The molecule has 0 spiro atoms. The van der Waals surface area contributed by atoms with Gasteiger partial charge < -0.3 is 10.1 Å². The largest absolute Gasteiger partial charge is 0.372 e. The molecule has 1 N–H and O–H groups in total. The summed E-state index contributed by atoms with van der Waals surface area (Å²) in [5.74, 6) is -0.182. The number of hydrogen-bond donors (Lipinski definition) is 1. The Morgan fingerprint density at radius 2 is 2.00 bits per heavy atom. The second kappa shape index (κ2) is 5.37. The molecule has 1 aliphatic heterocycles. The van der Waals surface area contributed by atoms with Crippen LogP contribution in [0.4, 0.5) is 4.39 Å². The van der Waals surface area contributed by atoms with E-state index in [4.69, 9.17) is 4.74 Å². The van der Waals surface area contributed by atoms with Crippen LogP contribution in [0.25, 0.3) is 0 Å². The molecule has 1 fully saturated rings. The second-order valence-electron chi connectivity index (χ2n) is 6.00. The molecular formula is C15H22FNO. The first-order valence-electron chi connectivity index (χ1n) is 6.58. The number of halogens is 1. The van der Waals surface area contributed by atoms with Crippen LogP contribution in [0.1, 0.15) is 38.9 Å². The van der Waals surface area contributed by atoms with Crippen molar-refractivity contribution in [3.63, 3.8) is 0 Å². The van der Waals surface area contributed by atoms with Gasteiger partial charge in [0, 0.05) is 24.8 Å². The third-order valence-electron chi connectivity index (χ3n) is 3.57. The molecule has 1 aliphatic rings. The summed E-state index contributed by atoms with van der Waals surface area (Å²) in [7, 11) is 0. The van der Waals surface area contributed by atoms with E-state index in [1.54, 1.807) is 12.1 Å². The zero-order valence-electron chi connectivity index (χ0n) is 11.4. The Balaban J connectivity index is 2.08. The predicted molar refractivity (Wildman–Crippen MR) is 71.0 cm³/mol. The number of benzene rings is 1. The molecule has 1 aromatic rings. The highest BCUT2D eigenvalue weighted by Crippen LogP contribution is 2.27. The monoisotopic (exact) mass is 251 g/mol. The van der Waals surface area contributed by atoms with Gasteiger partial charge in [0.05, 0.1) is 6.10 Å². The normalized spacial score (nSPS) is 25.8. The van der Waals surface area contributed by atoms with Gasteiger partial charge in [0.15, 0.2) is 0 Å². The van der Waals surface area contributed by atoms with Crippen molar-refractivity contribution in [2.75, 3.05) is 13.2 Å². The molecule has 0 radical (unpaired) electrons. The van der Waals surface area contributed by atoms with Gasteiger partial charge in [-0.25, -0.2) is 4.39 Å². The smallest absolute Gasteiger partial charge is 0.129 e. The number of ether oxygens (including phenoxy) is 1. The molecule has 100 valence electrons. The van der Waals surface area contributed by atoms with Crippen molar-refractivity contribution in [1.29, 1.82) is 0 Å². The lowest BCUT2D eigenvalue weighted by Gasteiger charge is -2.30. The topological polar surface area (TPSA) is 21.3 Å². The van der Waals surface area contributed by atoms with Crippen LogP contribution in [0, 0.1) is 11.2 Å². The molecular weight excluding hydrogens is 229 g/mol. The molecule has 2 atom stereocenters. The zero-order valence-corrected chi connectivity index (χ0v) is 11.4. The first-order chi connectivity index (χ1) is 8.48. The van der Waals surface area contributed by atoms with Crippen molar-refractivity contribution in [2.45, 2.75) is 39.3 Å². The van der Waals surface area contributed by atoms with Crippen LogP contribution in [-0.4, -0.2) is 19.2 Å². The summed E-state index contributed by atoms with van der Waals surface area (Å²) in [6, 6.07) is 7.27. The Kier molecular flexibility index (Phi) is 4.03. The fourth-order valence-corrected chi connectivity index (χ4v) is 2.41. The van der Waals surface area contributed by atoms with E-state index < -0.39 is 0 Å². The molecule has 1 saturated heterocycles. The quantitative estimate of drug-likeness (QED) is 0.827. The number of nitrogens with one attached hydrogen (secondary N) is 1. The van der Waals surface area contributed by atoms with E-state index in [1.165, 1.54) is 6.07 Å². The Morgan fingerprint density at radius 3 is 2.67 bits per heavy atom. The highest BCUT2D eigenvalue weighted by molar-refractivity contribution is 5.20. The summed E-state index contributed by atoms with van der Waals surface area (Å²) in [5, 5.41) is 3.51. The highest BCUT2D eigenvalue weighted by Gasteiger charge is 2.28. The minimum Gasteiger partial charge on any atom is -0.372 e. The van der Waals surface area contributed by atoms with Gasteiger partial charge in [0.25, 0.3) is 0 Å². The third kappa shape index (κ3) is 3.09. The lowest BCUT2D eigenvalue weighted by atomic mass is 9.85. The number of hydrogen-bond acceptors (Lipinski definition) is 2. The zero-order chi connectivity index (χ0) is 13.2. The van der Waals surface area contributed by atoms with Gasteiger partial charge in [0.2, 0.25) is 0 Å². The highest BCUT2D eigenvalue weighted by atomic mass is 19.1. The summed E-state index contributed by atoms with van der Waals surface area (Å²) in [4.78, 5) is 0. The van der Waals surface area contributed by atoms with Crippen molar-refractivity contribution in [3.05, 3.63) is 35.6 Å². The molecule has 0 bridgehead atoms. The lowest BCUT2D eigenvalue weighted by Crippen LogP contribution is -2.40. The van der Waals surface area contributed by atoms with Crippen LogP contribution >= 0.6 is 0 Å². The fourth-order valence-electron chi connectivity index (χ4n) is 2.41. The number of rotatable bonds is 1. The van der Waals surface area contributed by atoms with Gasteiger partial charge in [-0.3, -0.25) is 0 Å². The molecule has 2 unspecified atom stereocenters. The summed E-state index contributed by atoms with van der Waals surface area (Å²) < 4.78 is 19.5. The fraction of sp³-hybridized carbons (Fsp3) is 0.600. The maximum atomic E-state index is 13.7. The van der Waals surface area contributed by atoms with E-state index in [0.29, 0.717) is 24.8 Å². The average Bonchev–Trinajstić information content (AvgIpc) is 2.54. The van der Waals surface area contributed by atoms with Gasteiger partial charge in [-0.2, -0.15) is 0 Å². The van der Waals surface area contributed by atoms with Gasteiger partial charge in [-0.05, 0) is 17.9 Å². The molecule has 0 aliphatic carbocycles. The molecule has 0 saturated carbocycles. The van der Waals surface area contributed by atoms with E-state index in [2.05, 4.69) is 26.1 Å². The van der Waals surface area contributed by atoms with Crippen LogP contribution in [0.3, 0.4) is 0 Å². The Morgan fingerprint density at radius 1 is 1.28 bits per heavy atom. The molecule has 18 heavy (non-hydrogen) atoms. The van der Waals surface area contributed by atoms with Crippen molar-refractivity contribution >= 4 is 0 Å². The van der Waals surface area contributed by atoms with Gasteiger partial charge in [-0.1, -0.05) is 39.0 Å². The summed E-state index contributed by atoms with van der Waals surface area (Å²) in [6.07, 6.45) is 0.785. The average molecular weight is 251 g/mol. The third-order valence-corrected chi connectivity index (χ3v) is 3.57. The minimum absolute atomic E-state index is 0.182. The van der Waals surface area contributed by atoms with Crippen molar-refractivity contribution in [2.24, 2.45) is 5.41 Å². The first-order valence-corrected chi connectivity index (χ1v) is 6.58. The maximum absolute atomic E-state index is 13.7. The van der Waals surface area contributed by atoms with Gasteiger partial charge in [0.1, 0.15) is 5.82 Å². The molecule has 0 amide bonds. The SMILES string of the molecule is CC(C)(C)C1CCOC(c2ccccc2F)CN1. The Labute approximate surface area is 109 Å². The van der Waals surface area contributed by atoms with Crippen LogP contribution < -0.4 is 5.32 Å². The molecule has 1 aromatic carbocycles. The van der Waals surface area contributed by atoms with E-state index in [9.17, 15) is 4.39 Å². The molecule has 1 heterocycles. The van der Waals surface area contributed by atoms with Crippen molar-refractivity contribution < 1.29 is 9.13 Å². The lowest BCUT2D eigenvalue weighted by molar-refractivity contribution is 0.0629. The maximum Gasteiger partial charge on any atom is 0.129 e. The van der Waals surface area contributed by atoms with E-state index in [1.807, 2.05) is 6.07 Å². The molecule has 3 heteroatoms. The van der Waals surface area contributed by atoms with E-state index >= 15 is 0 Å². The summed E-state index contributed by atoms with van der Waals surface area (Å²) >= 11 is 0. The van der Waals surface area contributed by atoms with Crippen molar-refractivity contribution in [1.82, 2.24) is 5.32 Å². The van der Waals surface area contributed by atoms with Crippen LogP contribution in [0.15, 0.2) is 24.3 Å². The standard InChI is InChI=1S/C15H22FNO/c1-15(2,3)14-8-9-18-13(10-17-14)11-6-4-5-7-12(11)16/h4-7,13-14,17H,8-10H2,1-3H3. The first kappa shape index (κ1) is 13.5. The second-order valence-corrected chi connectivity index (χ2v) is 6.00. The predicted octanol–water partition coefficient (Wildman–Crippen LogP) is 3.29. The van der Waals surface area contributed by atoms with Crippen molar-refractivity contribution in [3.8, 4) is 0 Å². The van der Waals surface area contributed by atoms with Gasteiger partial charge >= 0.3 is 0 Å². The Hall–Kier alpha value is -0.930. The minimum atomic E-state index is -0.182. The molecule has 0 aromatic heterocycles. The van der Waals surface area contributed by atoms with E-state index in [-0.39, 0.29) is 17.3 Å². The van der Waals surface area contributed by atoms with Gasteiger partial charge in [-0.15, -0.1) is 0 Å². The summed E-state index contributed by atoms with van der Waals surface area (Å²) in [6.45, 7) is 7.99. The molecule has 2 nitrogen and oxygen atoms in total. The Bertz CT molecular complexity index is 400. The van der Waals surface area contributed by atoms with E-state index in [0.717, 1.165) is 6.42 Å². The molecule has 2 rings (SSSR count). The van der Waals surface area contributed by atoms with Crippen LogP contribution in [0.2, 0.25) is 0 Å². The van der Waals surface area contributed by atoms with Crippen LogP contribution in [0.5, 0.6) is 0 Å².